The van der Waals surface area contributed by atoms with Crippen molar-refractivity contribution in [1.82, 2.24) is 0 Å². The van der Waals surface area contributed by atoms with Gasteiger partial charge in [-0.3, -0.25) is 9.59 Å². The van der Waals surface area contributed by atoms with Crippen LogP contribution in [0.2, 0.25) is 0 Å². The average molecular weight is 1180 g/mol. The topological polar surface area (TPSA) is 126 Å². The fourth-order valence-electron chi connectivity index (χ4n) is 9.91. The number of hydrogen-bond donors (Lipinski definition) is 0. The smallest absolute Gasteiger partial charge is 0.311 e. The summed E-state index contributed by atoms with van der Waals surface area (Å²) in [6, 6.07) is 20.5. The van der Waals surface area contributed by atoms with Crippen molar-refractivity contribution in [3.63, 3.8) is 0 Å². The number of esters is 2. The lowest BCUT2D eigenvalue weighted by molar-refractivity contribution is -0.940. The number of unbranched alkanes of at least 4 members (excludes halogenated alkanes) is 2. The molecule has 0 aliphatic carbocycles. The van der Waals surface area contributed by atoms with Crippen LogP contribution in [0, 0.1) is 0 Å². The lowest BCUT2D eigenvalue weighted by atomic mass is 9.86. The third-order valence-electron chi connectivity index (χ3n) is 14.0. The lowest BCUT2D eigenvalue weighted by Crippen LogP contribution is -3.00. The summed E-state index contributed by atoms with van der Waals surface area (Å²) >= 11 is 0. The van der Waals surface area contributed by atoms with Gasteiger partial charge < -0.3 is 104 Å². The molecular formula is C53H72I2N2O12. The summed E-state index contributed by atoms with van der Waals surface area (Å²) in [7, 11) is 17.6. The molecule has 6 rings (SSSR count). The monoisotopic (exact) mass is 1180 g/mol. The average Bonchev–Trinajstić information content (AvgIpc) is 3.35. The molecule has 2 aliphatic rings. The number of benzene rings is 4. The summed E-state index contributed by atoms with van der Waals surface area (Å²) in [5.41, 5.74) is 7.00. The van der Waals surface area contributed by atoms with Gasteiger partial charge in [0.25, 0.3) is 0 Å². The molecule has 16 heteroatoms. The van der Waals surface area contributed by atoms with Crippen molar-refractivity contribution in [2.75, 3.05) is 110 Å². The summed E-state index contributed by atoms with van der Waals surface area (Å²) in [6.07, 6.45) is 5.85. The number of quaternary nitrogens is 2. The number of ether oxygens (including phenoxy) is 10. The second-order valence-electron chi connectivity index (χ2n) is 18.0. The normalized spacial score (nSPS) is 19.0. The van der Waals surface area contributed by atoms with Gasteiger partial charge in [-0.25, -0.2) is 0 Å². The highest BCUT2D eigenvalue weighted by Crippen LogP contribution is 2.45. The number of fused-ring (bicyclic) bond motifs is 2. The number of methoxy groups -OCH3 is 8. The molecule has 14 nitrogen and oxygen atoms in total. The second-order valence-corrected chi connectivity index (χ2v) is 18.0. The molecule has 2 heterocycles. The van der Waals surface area contributed by atoms with Gasteiger partial charge >= 0.3 is 11.9 Å². The molecule has 4 atom stereocenters. The van der Waals surface area contributed by atoms with Gasteiger partial charge in [0.15, 0.2) is 46.0 Å². The van der Waals surface area contributed by atoms with Gasteiger partial charge in [0.1, 0.15) is 12.1 Å². The first-order valence-corrected chi connectivity index (χ1v) is 23.3. The number of nitrogens with zero attached hydrogens (tertiary/aromatic N) is 2. The van der Waals surface area contributed by atoms with Gasteiger partial charge in [0.2, 0.25) is 0 Å². The van der Waals surface area contributed by atoms with Gasteiger partial charge in [0, 0.05) is 36.8 Å². The Morgan fingerprint density at radius 2 is 0.797 bits per heavy atom. The van der Waals surface area contributed by atoms with Crippen molar-refractivity contribution >= 4 is 11.9 Å². The molecule has 0 N–H and O–H groups in total. The van der Waals surface area contributed by atoms with Gasteiger partial charge in [-0.15, -0.1) is 0 Å². The SMILES string of the molecule is COc1ccc(C[C@@H]2c3cc(OC)c(OC)cc3CC[N+]2(C)CCC(=O)OCCCCCOC(=O)CC[N+]2(C)CCc3cc(OC)c(OC)cc3[C@@H]2Cc2ccc(OC)c(OC)c2)cc1OC.[I-].[I-]. The zero-order chi connectivity index (χ0) is 48.1. The highest BCUT2D eigenvalue weighted by Gasteiger charge is 2.42. The first kappa shape index (κ1) is 57.2. The first-order valence-electron chi connectivity index (χ1n) is 23.3. The second kappa shape index (κ2) is 26.7. The van der Waals surface area contributed by atoms with Crippen molar-refractivity contribution in [3.05, 3.63) is 94.0 Å². The molecule has 69 heavy (non-hydrogen) atoms. The zero-order valence-corrected chi connectivity index (χ0v) is 46.4. The van der Waals surface area contributed by atoms with Crippen molar-refractivity contribution in [2.24, 2.45) is 0 Å². The van der Waals surface area contributed by atoms with E-state index in [1.165, 1.54) is 22.3 Å². The fraction of sp³-hybridized carbons (Fsp3) is 0.509. The molecule has 0 fully saturated rings. The van der Waals surface area contributed by atoms with Crippen LogP contribution in [0.25, 0.3) is 0 Å². The Morgan fingerprint density at radius 1 is 0.464 bits per heavy atom. The Balaban J connectivity index is 0.00000518. The minimum Gasteiger partial charge on any atom is -1.00 e. The van der Waals surface area contributed by atoms with E-state index in [0.717, 1.165) is 56.3 Å². The summed E-state index contributed by atoms with van der Waals surface area (Å²) in [5, 5.41) is 0. The number of hydrogen-bond acceptors (Lipinski definition) is 12. The van der Waals surface area contributed by atoms with Gasteiger partial charge in [-0.2, -0.15) is 0 Å². The Kier molecular flexibility index (Phi) is 22.1. The van der Waals surface area contributed by atoms with Crippen LogP contribution in [0.3, 0.4) is 0 Å². The first-order chi connectivity index (χ1) is 32.4. The minimum absolute atomic E-state index is 0. The predicted molar refractivity (Wildman–Crippen MR) is 255 cm³/mol. The van der Waals surface area contributed by atoms with Crippen LogP contribution in [0.4, 0.5) is 0 Å². The summed E-state index contributed by atoms with van der Waals surface area (Å²) < 4.78 is 57.8. The Bertz CT molecular complexity index is 2170. The van der Waals surface area contributed by atoms with Gasteiger partial charge in [-0.05, 0) is 90.0 Å². The molecule has 0 spiro atoms. The van der Waals surface area contributed by atoms with Crippen LogP contribution in [0.1, 0.15) is 77.6 Å². The van der Waals surface area contributed by atoms with Crippen LogP contribution in [-0.4, -0.2) is 131 Å². The van der Waals surface area contributed by atoms with Crippen molar-refractivity contribution < 1.29 is 114 Å². The zero-order valence-electron chi connectivity index (χ0n) is 42.1. The highest BCUT2D eigenvalue weighted by molar-refractivity contribution is 5.69. The summed E-state index contributed by atoms with van der Waals surface area (Å²) in [6.45, 7) is 3.57. The molecule has 2 aliphatic heterocycles. The van der Waals surface area contributed by atoms with Crippen LogP contribution in [-0.2, 0) is 44.7 Å². The number of carbonyl (C=O) groups is 2. The number of halogens is 2. The maximum Gasteiger partial charge on any atom is 0.311 e. The maximum absolute atomic E-state index is 13.2. The molecule has 4 aromatic rings. The Hall–Kier alpha value is -4.40. The lowest BCUT2D eigenvalue weighted by Gasteiger charge is -2.46. The van der Waals surface area contributed by atoms with E-state index in [1.807, 2.05) is 24.3 Å². The maximum atomic E-state index is 13.2. The summed E-state index contributed by atoms with van der Waals surface area (Å²) in [4.78, 5) is 26.4. The summed E-state index contributed by atoms with van der Waals surface area (Å²) in [5.74, 6) is 5.06. The van der Waals surface area contributed by atoms with Crippen LogP contribution in [0.15, 0.2) is 60.7 Å². The number of likely N-dealkylation sites (N-methyl/N-ethyl adjacent to an activating group) is 2. The van der Waals surface area contributed by atoms with Crippen LogP contribution < -0.4 is 85.8 Å². The van der Waals surface area contributed by atoms with Crippen molar-refractivity contribution in [3.8, 4) is 46.0 Å². The van der Waals surface area contributed by atoms with E-state index in [0.29, 0.717) is 107 Å². The fourth-order valence-corrected chi connectivity index (χ4v) is 9.91. The molecule has 2 unspecified atom stereocenters. The molecule has 0 amide bonds. The van der Waals surface area contributed by atoms with E-state index < -0.39 is 0 Å². The molecule has 0 saturated carbocycles. The van der Waals surface area contributed by atoms with E-state index >= 15 is 0 Å². The quantitative estimate of drug-likeness (QED) is 0.0442. The standard InChI is InChI=1S/C53H72N2O12.2HI/c1-54(22-18-38-32-48(62-7)50(64-9)34-40(38)42(54)28-36-14-16-44(58-3)46(30-36)60-5)24-20-52(56)66-26-12-11-13-27-67-53(57)21-25-55(2)23-19-39-33-49(63-8)51(65-10)35-41(39)43(55)29-37-15-17-45(59-4)47(31-37)61-6;;/h14-17,30-35,42-43H,11-13,18-29H2,1-10H3;2*1H/q+2;;/p-2/t42-,43+,54?,55?;;. The molecule has 0 radical (unpaired) electrons. The Labute approximate surface area is 443 Å². The van der Waals surface area contributed by atoms with E-state index in [9.17, 15) is 9.59 Å². The van der Waals surface area contributed by atoms with Gasteiger partial charge in [-0.1, -0.05) is 12.1 Å². The molecular weight excluding hydrogens is 1110 g/mol. The number of carbonyl (C=O) groups excluding carboxylic acids is 2. The molecule has 0 saturated heterocycles. The van der Waals surface area contributed by atoms with E-state index in [1.54, 1.807) is 56.9 Å². The van der Waals surface area contributed by atoms with Crippen LogP contribution in [0.5, 0.6) is 46.0 Å². The number of rotatable bonds is 24. The largest absolute Gasteiger partial charge is 1.00 e. The molecule has 4 aromatic carbocycles. The minimum atomic E-state index is -0.215. The highest BCUT2D eigenvalue weighted by atomic mass is 127. The van der Waals surface area contributed by atoms with Crippen LogP contribution >= 0.6 is 0 Å². The van der Waals surface area contributed by atoms with Gasteiger partial charge in [0.05, 0.1) is 123 Å². The van der Waals surface area contributed by atoms with Crippen molar-refractivity contribution in [2.45, 2.75) is 69.9 Å². The van der Waals surface area contributed by atoms with E-state index in [2.05, 4.69) is 50.5 Å². The third kappa shape index (κ3) is 13.9. The van der Waals surface area contributed by atoms with E-state index in [4.69, 9.17) is 47.4 Å². The third-order valence-corrected chi connectivity index (χ3v) is 14.0. The predicted octanol–water partition coefficient (Wildman–Crippen LogP) is 2.07. The Morgan fingerprint density at radius 3 is 1.14 bits per heavy atom. The molecule has 0 bridgehead atoms. The van der Waals surface area contributed by atoms with E-state index in [-0.39, 0.29) is 72.0 Å². The van der Waals surface area contributed by atoms with Crippen molar-refractivity contribution in [1.29, 1.82) is 0 Å². The molecule has 0 aromatic heterocycles. The molecule has 380 valence electrons.